The number of hydrogen-bond donors (Lipinski definition) is 0. The summed E-state index contributed by atoms with van der Waals surface area (Å²) in [7, 11) is -3.95. The van der Waals surface area contributed by atoms with Gasteiger partial charge in [-0.3, -0.25) is 4.79 Å². The Kier molecular flexibility index (Phi) is 5.03. The highest BCUT2D eigenvalue weighted by molar-refractivity contribution is 7.89. The third kappa shape index (κ3) is 3.20. The Labute approximate surface area is 158 Å². The Morgan fingerprint density at radius 1 is 1.15 bits per heavy atom. The molecule has 134 valence electrons. The van der Waals surface area contributed by atoms with E-state index in [-0.39, 0.29) is 22.0 Å². The van der Waals surface area contributed by atoms with E-state index >= 15 is 0 Å². The molecule has 3 rings (SSSR count). The zero-order chi connectivity index (χ0) is 18.9. The zero-order valence-electron chi connectivity index (χ0n) is 14.2. The highest BCUT2D eigenvalue weighted by Gasteiger charge is 2.42. The van der Waals surface area contributed by atoms with Crippen LogP contribution < -0.4 is 0 Å². The fourth-order valence-corrected chi connectivity index (χ4v) is 4.63. The average Bonchev–Trinajstić information content (AvgIpc) is 2.99. The molecular formula is C20H18ClNO3S. The van der Waals surface area contributed by atoms with E-state index < -0.39 is 21.8 Å². The Balaban J connectivity index is 2.06. The van der Waals surface area contributed by atoms with Crippen molar-refractivity contribution in [3.8, 4) is 0 Å². The van der Waals surface area contributed by atoms with Crippen molar-refractivity contribution in [3.05, 3.63) is 84.0 Å². The lowest BCUT2D eigenvalue weighted by molar-refractivity contribution is -0.120. The van der Waals surface area contributed by atoms with Gasteiger partial charge in [0.05, 0.1) is 9.93 Å². The molecule has 1 atom stereocenters. The minimum atomic E-state index is -3.95. The van der Waals surface area contributed by atoms with Gasteiger partial charge in [-0.1, -0.05) is 65.7 Å². The standard InChI is InChI=1S/C20H18ClNO3S/c1-3-15-13-22(26(24,25)17-11-9-14(2)10-12-17)20(23)18(15)19(21)16-7-5-4-6-8-16/h3-12,15H,1,13H2,2H3/b19-18+. The molecule has 4 nitrogen and oxygen atoms in total. The highest BCUT2D eigenvalue weighted by Crippen LogP contribution is 2.37. The molecule has 26 heavy (non-hydrogen) atoms. The van der Waals surface area contributed by atoms with Gasteiger partial charge in [0.25, 0.3) is 15.9 Å². The molecule has 1 amide bonds. The largest absolute Gasteiger partial charge is 0.268 e. The second-order valence-corrected chi connectivity index (χ2v) is 8.33. The number of carbonyl (C=O) groups is 1. The summed E-state index contributed by atoms with van der Waals surface area (Å²) in [6.45, 7) is 5.60. The number of benzene rings is 2. The summed E-state index contributed by atoms with van der Waals surface area (Å²) < 4.78 is 26.7. The van der Waals surface area contributed by atoms with Gasteiger partial charge in [-0.25, -0.2) is 12.7 Å². The van der Waals surface area contributed by atoms with Crippen molar-refractivity contribution < 1.29 is 13.2 Å². The summed E-state index contributed by atoms with van der Waals surface area (Å²) in [5.41, 5.74) is 1.86. The van der Waals surface area contributed by atoms with Gasteiger partial charge in [0.15, 0.2) is 0 Å². The van der Waals surface area contributed by atoms with E-state index in [9.17, 15) is 13.2 Å². The van der Waals surface area contributed by atoms with Gasteiger partial charge in [-0.15, -0.1) is 6.58 Å². The molecule has 1 aliphatic rings. The summed E-state index contributed by atoms with van der Waals surface area (Å²) in [6.07, 6.45) is 1.56. The lowest BCUT2D eigenvalue weighted by atomic mass is 10.00. The highest BCUT2D eigenvalue weighted by atomic mass is 35.5. The van der Waals surface area contributed by atoms with Gasteiger partial charge in [0, 0.05) is 18.0 Å². The van der Waals surface area contributed by atoms with E-state index in [0.717, 1.165) is 9.87 Å². The van der Waals surface area contributed by atoms with E-state index in [2.05, 4.69) is 6.58 Å². The van der Waals surface area contributed by atoms with E-state index in [1.165, 1.54) is 12.1 Å². The van der Waals surface area contributed by atoms with Crippen molar-refractivity contribution >= 4 is 32.6 Å². The summed E-state index contributed by atoms with van der Waals surface area (Å²) in [4.78, 5) is 13.0. The second-order valence-electron chi connectivity index (χ2n) is 6.09. The molecule has 0 bridgehead atoms. The Hall–Kier alpha value is -2.37. The molecule has 1 heterocycles. The lowest BCUT2D eigenvalue weighted by Crippen LogP contribution is -2.32. The summed E-state index contributed by atoms with van der Waals surface area (Å²) in [5, 5.41) is 0.252. The van der Waals surface area contributed by atoms with Gasteiger partial charge < -0.3 is 0 Å². The molecule has 1 saturated heterocycles. The number of rotatable bonds is 4. The molecular weight excluding hydrogens is 370 g/mol. The molecule has 0 radical (unpaired) electrons. The molecule has 2 aromatic carbocycles. The van der Waals surface area contributed by atoms with Crippen molar-refractivity contribution in [1.29, 1.82) is 0 Å². The summed E-state index contributed by atoms with van der Waals surface area (Å²) >= 11 is 6.45. The molecule has 1 unspecified atom stereocenters. The van der Waals surface area contributed by atoms with Crippen LogP contribution in [0, 0.1) is 12.8 Å². The Morgan fingerprint density at radius 3 is 2.35 bits per heavy atom. The first kappa shape index (κ1) is 18.4. The van der Waals surface area contributed by atoms with Crippen LogP contribution in [-0.4, -0.2) is 25.2 Å². The van der Waals surface area contributed by atoms with Crippen molar-refractivity contribution in [2.24, 2.45) is 5.92 Å². The van der Waals surface area contributed by atoms with Crippen LogP contribution in [0.1, 0.15) is 11.1 Å². The quantitative estimate of drug-likeness (QED) is 0.589. The number of nitrogens with zero attached hydrogens (tertiary/aromatic N) is 1. The van der Waals surface area contributed by atoms with Gasteiger partial charge in [0.2, 0.25) is 0 Å². The number of carbonyl (C=O) groups excluding carboxylic acids is 1. The summed E-state index contributed by atoms with van der Waals surface area (Å²) in [5.74, 6) is -1.07. The molecule has 6 heteroatoms. The van der Waals surface area contributed by atoms with Crippen LogP contribution in [-0.2, 0) is 14.8 Å². The molecule has 0 aromatic heterocycles. The SMILES string of the molecule is C=CC1CN(S(=O)(=O)c2ccc(C)cc2)C(=O)/C1=C(/Cl)c1ccccc1. The molecule has 0 saturated carbocycles. The maximum absolute atomic E-state index is 12.9. The van der Waals surface area contributed by atoms with Crippen LogP contribution in [0.25, 0.3) is 5.03 Å². The predicted molar refractivity (Wildman–Crippen MR) is 103 cm³/mol. The van der Waals surface area contributed by atoms with E-state index in [1.807, 2.05) is 13.0 Å². The van der Waals surface area contributed by atoms with Gasteiger partial charge >= 0.3 is 0 Å². The fourth-order valence-electron chi connectivity index (χ4n) is 2.88. The van der Waals surface area contributed by atoms with E-state index in [0.29, 0.717) is 5.56 Å². The minimum absolute atomic E-state index is 0.00305. The molecule has 0 N–H and O–H groups in total. The van der Waals surface area contributed by atoms with Crippen LogP contribution in [0.2, 0.25) is 0 Å². The van der Waals surface area contributed by atoms with E-state index in [4.69, 9.17) is 11.6 Å². The third-order valence-corrected chi connectivity index (χ3v) is 6.53. The van der Waals surface area contributed by atoms with Crippen molar-refractivity contribution in [3.63, 3.8) is 0 Å². The maximum Gasteiger partial charge on any atom is 0.266 e. The Bertz CT molecular complexity index is 979. The zero-order valence-corrected chi connectivity index (χ0v) is 15.8. The van der Waals surface area contributed by atoms with Gasteiger partial charge in [0.1, 0.15) is 0 Å². The van der Waals surface area contributed by atoms with E-state index in [1.54, 1.807) is 42.5 Å². The average molecular weight is 388 g/mol. The van der Waals surface area contributed by atoms with Crippen LogP contribution in [0.4, 0.5) is 0 Å². The first-order valence-electron chi connectivity index (χ1n) is 8.07. The van der Waals surface area contributed by atoms with Crippen LogP contribution in [0.5, 0.6) is 0 Å². The molecule has 2 aromatic rings. The number of halogens is 1. The molecule has 1 fully saturated rings. The fraction of sp³-hybridized carbons (Fsp3) is 0.150. The third-order valence-electron chi connectivity index (χ3n) is 4.35. The normalized spacial score (nSPS) is 19.5. The predicted octanol–water partition coefficient (Wildman–Crippen LogP) is 3.98. The first-order chi connectivity index (χ1) is 12.4. The number of sulfonamides is 1. The summed E-state index contributed by atoms with van der Waals surface area (Å²) in [6, 6.07) is 15.4. The smallest absolute Gasteiger partial charge is 0.266 e. The number of amides is 1. The number of hydrogen-bond acceptors (Lipinski definition) is 3. The first-order valence-corrected chi connectivity index (χ1v) is 9.89. The second kappa shape index (κ2) is 7.09. The van der Waals surface area contributed by atoms with Crippen molar-refractivity contribution in [1.82, 2.24) is 4.31 Å². The van der Waals surface area contributed by atoms with Crippen LogP contribution in [0.3, 0.4) is 0 Å². The molecule has 0 aliphatic carbocycles. The molecule has 1 aliphatic heterocycles. The maximum atomic E-state index is 12.9. The minimum Gasteiger partial charge on any atom is -0.268 e. The van der Waals surface area contributed by atoms with Gasteiger partial charge in [-0.05, 0) is 24.6 Å². The molecule has 0 spiro atoms. The van der Waals surface area contributed by atoms with Crippen molar-refractivity contribution in [2.75, 3.05) is 6.54 Å². The van der Waals surface area contributed by atoms with Gasteiger partial charge in [-0.2, -0.15) is 0 Å². The van der Waals surface area contributed by atoms with Crippen LogP contribution >= 0.6 is 11.6 Å². The van der Waals surface area contributed by atoms with Crippen LogP contribution in [0.15, 0.2) is 77.7 Å². The monoisotopic (exact) mass is 387 g/mol. The lowest BCUT2D eigenvalue weighted by Gasteiger charge is -2.16. The number of aryl methyl sites for hydroxylation is 1. The van der Waals surface area contributed by atoms with Crippen molar-refractivity contribution in [2.45, 2.75) is 11.8 Å². The topological polar surface area (TPSA) is 54.5 Å². The Morgan fingerprint density at radius 2 is 1.77 bits per heavy atom.